The van der Waals surface area contributed by atoms with Crippen molar-refractivity contribution in [1.29, 1.82) is 0 Å². The SMILES string of the molecule is COc1cc(NCCCN)c2nccc(C)c2c1Oc1cccc(C(F)(F)F)c1. The zero-order chi connectivity index (χ0) is 21.0. The summed E-state index contributed by atoms with van der Waals surface area (Å²) >= 11 is 0. The number of fused-ring (bicyclic) bond motifs is 1. The van der Waals surface area contributed by atoms with Crippen LogP contribution in [0.25, 0.3) is 10.9 Å². The Kier molecular flexibility index (Phi) is 6.12. The first-order chi connectivity index (χ1) is 13.8. The first kappa shape index (κ1) is 20.7. The Morgan fingerprint density at radius 1 is 1.17 bits per heavy atom. The number of nitrogens with one attached hydrogen (secondary N) is 1. The zero-order valence-corrected chi connectivity index (χ0v) is 16.1. The maximum Gasteiger partial charge on any atom is 0.416 e. The molecule has 0 fully saturated rings. The second-order valence-electron chi connectivity index (χ2n) is 6.50. The Bertz CT molecular complexity index is 1010. The molecule has 2 aromatic carbocycles. The number of ether oxygens (including phenoxy) is 2. The van der Waals surface area contributed by atoms with Crippen LogP contribution in [0.5, 0.6) is 17.2 Å². The van der Waals surface area contributed by atoms with Gasteiger partial charge in [0.15, 0.2) is 11.5 Å². The van der Waals surface area contributed by atoms with Gasteiger partial charge in [-0.15, -0.1) is 0 Å². The summed E-state index contributed by atoms with van der Waals surface area (Å²) in [5.74, 6) is 0.768. The predicted octanol–water partition coefficient (Wildman–Crippen LogP) is 5.12. The van der Waals surface area contributed by atoms with Crippen LogP contribution in [0.15, 0.2) is 42.6 Å². The molecule has 0 aliphatic carbocycles. The van der Waals surface area contributed by atoms with E-state index in [9.17, 15) is 13.2 Å². The Balaban J connectivity index is 2.11. The van der Waals surface area contributed by atoms with Crippen LogP contribution in [-0.2, 0) is 6.18 Å². The van der Waals surface area contributed by atoms with Gasteiger partial charge in [-0.1, -0.05) is 6.07 Å². The minimum atomic E-state index is -4.46. The van der Waals surface area contributed by atoms with Crippen molar-refractivity contribution in [2.75, 3.05) is 25.5 Å². The number of pyridine rings is 1. The number of anilines is 1. The maximum atomic E-state index is 13.1. The standard InChI is InChI=1S/C21H22F3N3O2/c1-13-7-10-27-19-16(26-9-4-8-25)12-17(28-2)20(18(13)19)29-15-6-3-5-14(11-15)21(22,23)24/h3,5-7,10-12,26H,4,8-9,25H2,1-2H3. The van der Waals surface area contributed by atoms with Gasteiger partial charge in [0.05, 0.1) is 29.3 Å². The molecule has 0 spiro atoms. The molecule has 0 saturated heterocycles. The van der Waals surface area contributed by atoms with Gasteiger partial charge < -0.3 is 20.5 Å². The average molecular weight is 405 g/mol. The van der Waals surface area contributed by atoms with E-state index in [0.29, 0.717) is 35.5 Å². The molecule has 3 aromatic rings. The third kappa shape index (κ3) is 4.54. The van der Waals surface area contributed by atoms with E-state index in [-0.39, 0.29) is 5.75 Å². The summed E-state index contributed by atoms with van der Waals surface area (Å²) < 4.78 is 50.6. The van der Waals surface area contributed by atoms with Crippen molar-refractivity contribution in [3.05, 3.63) is 53.7 Å². The average Bonchev–Trinajstić information content (AvgIpc) is 2.69. The van der Waals surface area contributed by atoms with Gasteiger partial charge in [0.1, 0.15) is 5.75 Å². The van der Waals surface area contributed by atoms with Gasteiger partial charge in [0.25, 0.3) is 0 Å². The van der Waals surface area contributed by atoms with Crippen LogP contribution in [-0.4, -0.2) is 25.2 Å². The summed E-state index contributed by atoms with van der Waals surface area (Å²) in [6.45, 7) is 3.08. The highest BCUT2D eigenvalue weighted by Gasteiger charge is 2.31. The molecule has 8 heteroatoms. The van der Waals surface area contributed by atoms with Gasteiger partial charge in [-0.2, -0.15) is 13.2 Å². The van der Waals surface area contributed by atoms with Crippen LogP contribution in [0.3, 0.4) is 0 Å². The summed E-state index contributed by atoms with van der Waals surface area (Å²) in [5, 5.41) is 3.95. The third-order valence-electron chi connectivity index (χ3n) is 4.44. The maximum absolute atomic E-state index is 13.1. The van der Waals surface area contributed by atoms with E-state index in [1.165, 1.54) is 19.2 Å². The number of halogens is 3. The Morgan fingerprint density at radius 2 is 1.97 bits per heavy atom. The lowest BCUT2D eigenvalue weighted by atomic mass is 10.1. The molecule has 154 valence electrons. The Hall–Kier alpha value is -3.00. The normalized spacial score (nSPS) is 11.5. The van der Waals surface area contributed by atoms with Crippen LogP contribution < -0.4 is 20.5 Å². The fourth-order valence-corrected chi connectivity index (χ4v) is 3.00. The van der Waals surface area contributed by atoms with Gasteiger partial charge in [-0.25, -0.2) is 0 Å². The predicted molar refractivity (Wildman–Crippen MR) is 107 cm³/mol. The lowest BCUT2D eigenvalue weighted by Gasteiger charge is -2.18. The molecular formula is C21H22F3N3O2. The number of benzene rings is 2. The number of nitrogens with two attached hydrogens (primary N) is 1. The van der Waals surface area contributed by atoms with Gasteiger partial charge in [0.2, 0.25) is 0 Å². The van der Waals surface area contributed by atoms with Gasteiger partial charge in [-0.05, 0) is 49.7 Å². The number of methoxy groups -OCH3 is 1. The number of aryl methyl sites for hydroxylation is 1. The lowest BCUT2D eigenvalue weighted by molar-refractivity contribution is -0.137. The summed E-state index contributed by atoms with van der Waals surface area (Å²) in [6, 6.07) is 8.28. The molecule has 0 aliphatic heterocycles. The molecule has 29 heavy (non-hydrogen) atoms. The monoisotopic (exact) mass is 405 g/mol. The van der Waals surface area contributed by atoms with E-state index in [1.54, 1.807) is 12.3 Å². The molecule has 5 nitrogen and oxygen atoms in total. The summed E-state index contributed by atoms with van der Waals surface area (Å²) in [7, 11) is 1.48. The molecular weight excluding hydrogens is 383 g/mol. The Morgan fingerprint density at radius 3 is 2.66 bits per heavy atom. The van der Waals surface area contributed by atoms with Crippen molar-refractivity contribution in [1.82, 2.24) is 4.98 Å². The molecule has 1 heterocycles. The van der Waals surface area contributed by atoms with Crippen molar-refractivity contribution in [3.63, 3.8) is 0 Å². The number of hydrogen-bond acceptors (Lipinski definition) is 5. The molecule has 0 saturated carbocycles. The highest BCUT2D eigenvalue weighted by molar-refractivity contribution is 5.99. The summed E-state index contributed by atoms with van der Waals surface area (Å²) in [4.78, 5) is 4.45. The molecule has 3 N–H and O–H groups in total. The van der Waals surface area contributed by atoms with Crippen LogP contribution in [0.4, 0.5) is 18.9 Å². The van der Waals surface area contributed by atoms with E-state index >= 15 is 0 Å². The van der Waals surface area contributed by atoms with Gasteiger partial charge >= 0.3 is 6.18 Å². The van der Waals surface area contributed by atoms with Crippen molar-refractivity contribution in [3.8, 4) is 17.2 Å². The molecule has 0 bridgehead atoms. The summed E-state index contributed by atoms with van der Waals surface area (Å²) in [6.07, 6.45) is -2.01. The number of rotatable bonds is 7. The molecule has 0 aliphatic rings. The largest absolute Gasteiger partial charge is 0.493 e. The highest BCUT2D eigenvalue weighted by Crippen LogP contribution is 2.43. The van der Waals surface area contributed by atoms with Crippen LogP contribution in [0, 0.1) is 6.92 Å². The van der Waals surface area contributed by atoms with E-state index in [4.69, 9.17) is 15.2 Å². The van der Waals surface area contributed by atoms with Gasteiger partial charge in [0, 0.05) is 18.8 Å². The van der Waals surface area contributed by atoms with Crippen molar-refractivity contribution < 1.29 is 22.6 Å². The quantitative estimate of drug-likeness (QED) is 0.534. The zero-order valence-electron chi connectivity index (χ0n) is 16.1. The van der Waals surface area contributed by atoms with Crippen LogP contribution >= 0.6 is 0 Å². The number of nitrogens with zero attached hydrogens (tertiary/aromatic N) is 1. The van der Waals surface area contributed by atoms with Gasteiger partial charge in [-0.3, -0.25) is 4.98 Å². The number of hydrogen-bond donors (Lipinski definition) is 2. The topological polar surface area (TPSA) is 69.4 Å². The second kappa shape index (κ2) is 8.57. The lowest BCUT2D eigenvalue weighted by Crippen LogP contribution is -2.09. The van der Waals surface area contributed by atoms with Crippen molar-refractivity contribution in [2.24, 2.45) is 5.73 Å². The second-order valence-corrected chi connectivity index (χ2v) is 6.50. The number of aromatic nitrogens is 1. The Labute approximate surface area is 166 Å². The highest BCUT2D eigenvalue weighted by atomic mass is 19.4. The van der Waals surface area contributed by atoms with E-state index < -0.39 is 11.7 Å². The molecule has 0 radical (unpaired) electrons. The van der Waals surface area contributed by atoms with E-state index in [0.717, 1.165) is 29.8 Å². The van der Waals surface area contributed by atoms with Crippen molar-refractivity contribution >= 4 is 16.6 Å². The van der Waals surface area contributed by atoms with Crippen molar-refractivity contribution in [2.45, 2.75) is 19.5 Å². The number of alkyl halides is 3. The smallest absolute Gasteiger partial charge is 0.416 e. The molecule has 3 rings (SSSR count). The molecule has 0 atom stereocenters. The first-order valence-corrected chi connectivity index (χ1v) is 9.10. The fourth-order valence-electron chi connectivity index (χ4n) is 3.00. The van der Waals surface area contributed by atoms with E-state index in [2.05, 4.69) is 10.3 Å². The third-order valence-corrected chi connectivity index (χ3v) is 4.44. The molecule has 0 amide bonds. The molecule has 0 unspecified atom stereocenters. The minimum absolute atomic E-state index is 0.0616. The van der Waals surface area contributed by atoms with Crippen LogP contribution in [0.1, 0.15) is 17.5 Å². The summed E-state index contributed by atoms with van der Waals surface area (Å²) in [5.41, 5.74) is 7.02. The van der Waals surface area contributed by atoms with E-state index in [1.807, 2.05) is 13.0 Å². The molecule has 1 aromatic heterocycles. The fraction of sp³-hybridized carbons (Fsp3) is 0.286. The van der Waals surface area contributed by atoms with Crippen LogP contribution in [0.2, 0.25) is 0 Å². The first-order valence-electron chi connectivity index (χ1n) is 9.10. The minimum Gasteiger partial charge on any atom is -0.493 e.